The number of rotatable bonds is 6. The fraction of sp³-hybridized carbons (Fsp3) is 0.185. The Morgan fingerprint density at radius 2 is 1.95 bits per heavy atom. The van der Waals surface area contributed by atoms with Crippen molar-refractivity contribution < 1.29 is 14.3 Å². The highest BCUT2D eigenvalue weighted by molar-refractivity contribution is 6.32. The van der Waals surface area contributed by atoms with Crippen molar-refractivity contribution in [2.75, 3.05) is 23.3 Å². The summed E-state index contributed by atoms with van der Waals surface area (Å²) < 4.78 is 14.2. The Morgan fingerprint density at radius 1 is 1.18 bits per heavy atom. The number of aromatic hydroxyl groups is 1. The number of piperidine rings is 1. The number of benzene rings is 1. The van der Waals surface area contributed by atoms with Crippen molar-refractivity contribution in [3.05, 3.63) is 77.9 Å². The van der Waals surface area contributed by atoms with E-state index in [1.165, 1.54) is 18.3 Å². The van der Waals surface area contributed by atoms with Crippen LogP contribution < -0.4 is 16.0 Å². The molecular weight excluding hydrogens is 601 g/mol. The van der Waals surface area contributed by atoms with Crippen LogP contribution in [0.1, 0.15) is 23.2 Å². The van der Waals surface area contributed by atoms with Gasteiger partial charge in [0.25, 0.3) is 0 Å². The molecule has 0 aliphatic carbocycles. The van der Waals surface area contributed by atoms with E-state index >= 15 is 0 Å². The SMILES string of the molecule is C=CC(=O)c1cnc2ccc(-c3cc(F)c(O)c(Cl)c3)nc2c1Nc1ccc(N2CCC[C@H](N)C2)nc1.Cl.Cl.Cl. The molecular formula is C27H27Cl4FN6O2. The lowest BCUT2D eigenvalue weighted by atomic mass is 10.1. The molecule has 4 aromatic rings. The van der Waals surface area contributed by atoms with Gasteiger partial charge in [0.2, 0.25) is 0 Å². The van der Waals surface area contributed by atoms with Crippen LogP contribution in [0, 0.1) is 5.82 Å². The highest BCUT2D eigenvalue weighted by Gasteiger charge is 2.19. The fourth-order valence-electron chi connectivity index (χ4n) is 4.37. The zero-order valence-corrected chi connectivity index (χ0v) is 24.2. The molecule has 1 saturated heterocycles. The van der Waals surface area contributed by atoms with E-state index in [1.54, 1.807) is 18.3 Å². The summed E-state index contributed by atoms with van der Waals surface area (Å²) in [5.74, 6) is -1.00. The van der Waals surface area contributed by atoms with Gasteiger partial charge in [-0.15, -0.1) is 37.2 Å². The molecule has 1 aromatic carbocycles. The predicted octanol–water partition coefficient (Wildman–Crippen LogP) is 6.50. The number of pyridine rings is 3. The number of halogens is 5. The minimum atomic E-state index is -0.864. The molecule has 5 rings (SSSR count). The summed E-state index contributed by atoms with van der Waals surface area (Å²) in [7, 11) is 0. The van der Waals surface area contributed by atoms with Crippen LogP contribution in [0.5, 0.6) is 5.75 Å². The smallest absolute Gasteiger partial charge is 0.188 e. The number of anilines is 3. The molecule has 4 heterocycles. The molecule has 0 unspecified atom stereocenters. The van der Waals surface area contributed by atoms with Crippen molar-refractivity contribution in [3.8, 4) is 17.0 Å². The van der Waals surface area contributed by atoms with Crippen molar-refractivity contribution in [3.63, 3.8) is 0 Å². The van der Waals surface area contributed by atoms with E-state index in [-0.39, 0.29) is 59.6 Å². The second-order valence-electron chi connectivity index (χ2n) is 8.85. The maximum Gasteiger partial charge on any atom is 0.188 e. The largest absolute Gasteiger partial charge is 0.504 e. The van der Waals surface area contributed by atoms with E-state index in [0.717, 1.165) is 37.8 Å². The van der Waals surface area contributed by atoms with Gasteiger partial charge in [0.1, 0.15) is 11.3 Å². The monoisotopic (exact) mass is 626 g/mol. The van der Waals surface area contributed by atoms with E-state index in [1.807, 2.05) is 12.1 Å². The van der Waals surface area contributed by atoms with Crippen molar-refractivity contribution in [1.29, 1.82) is 0 Å². The first kappa shape index (κ1) is 33.0. The maximum absolute atomic E-state index is 14.2. The second-order valence-corrected chi connectivity index (χ2v) is 9.25. The highest BCUT2D eigenvalue weighted by Crippen LogP contribution is 2.34. The Labute approximate surface area is 254 Å². The third-order valence-electron chi connectivity index (χ3n) is 6.28. The van der Waals surface area contributed by atoms with Crippen LogP contribution in [0.15, 0.2) is 61.4 Å². The lowest BCUT2D eigenvalue weighted by molar-refractivity contribution is 0.104. The lowest BCUT2D eigenvalue weighted by Gasteiger charge is -2.31. The number of allylic oxidation sites excluding steroid dienone is 1. The fourth-order valence-corrected chi connectivity index (χ4v) is 4.58. The zero-order valence-electron chi connectivity index (χ0n) is 21.0. The molecule has 0 bridgehead atoms. The molecule has 0 radical (unpaired) electrons. The summed E-state index contributed by atoms with van der Waals surface area (Å²) in [6.07, 6.45) is 6.37. The summed E-state index contributed by atoms with van der Waals surface area (Å²) >= 11 is 5.97. The molecule has 1 aliphatic heterocycles. The molecule has 1 fully saturated rings. The van der Waals surface area contributed by atoms with E-state index in [2.05, 4.69) is 31.7 Å². The zero-order chi connectivity index (χ0) is 26.1. The van der Waals surface area contributed by atoms with Gasteiger partial charge in [0.05, 0.1) is 39.4 Å². The third kappa shape index (κ3) is 6.74. The Hall–Kier alpha value is -3.21. The maximum atomic E-state index is 14.2. The molecule has 0 saturated carbocycles. The number of carbonyl (C=O) groups is 1. The van der Waals surface area contributed by atoms with Gasteiger partial charge in [0.15, 0.2) is 17.3 Å². The Kier molecular flexibility index (Phi) is 11.5. The average molecular weight is 628 g/mol. The molecule has 0 amide bonds. The van der Waals surface area contributed by atoms with Gasteiger partial charge in [-0.1, -0.05) is 18.2 Å². The Balaban J connectivity index is 0.00000187. The number of aromatic nitrogens is 3. The van der Waals surface area contributed by atoms with Crippen LogP contribution in [0.25, 0.3) is 22.3 Å². The molecule has 8 nitrogen and oxygen atoms in total. The molecule has 1 aliphatic rings. The van der Waals surface area contributed by atoms with Crippen molar-refractivity contribution in [2.45, 2.75) is 18.9 Å². The van der Waals surface area contributed by atoms with Gasteiger partial charge in [-0.05, 0) is 55.3 Å². The van der Waals surface area contributed by atoms with Crippen LogP contribution in [0.2, 0.25) is 5.02 Å². The number of nitrogens with zero attached hydrogens (tertiary/aromatic N) is 4. The normalized spacial score (nSPS) is 14.4. The van der Waals surface area contributed by atoms with Crippen LogP contribution >= 0.6 is 48.8 Å². The van der Waals surface area contributed by atoms with Crippen molar-refractivity contribution >= 4 is 82.8 Å². The summed E-state index contributed by atoms with van der Waals surface area (Å²) in [5, 5.41) is 12.8. The highest BCUT2D eigenvalue weighted by atomic mass is 35.5. The molecule has 40 heavy (non-hydrogen) atoms. The first-order valence-corrected chi connectivity index (χ1v) is 12.1. The standard InChI is InChI=1S/C27H24ClFN6O2.3ClH/c1-2-23(36)18-13-31-22-7-6-21(15-10-19(28)27(37)20(29)11-15)34-26(22)25(18)33-17-5-8-24(32-12-17)35-9-3-4-16(30)14-35;;;/h2,5-8,10-13,16,37H,1,3-4,9,14,30H2,(H,31,33);3*1H/t16-;;;/m0.../s1. The molecule has 0 spiro atoms. The molecule has 3 aromatic heterocycles. The molecule has 4 N–H and O–H groups in total. The topological polar surface area (TPSA) is 117 Å². The minimum absolute atomic E-state index is 0. The number of phenols is 1. The number of hydrogen-bond acceptors (Lipinski definition) is 8. The quantitative estimate of drug-likeness (QED) is 0.164. The Bertz CT molecular complexity index is 1500. The van der Waals surface area contributed by atoms with Gasteiger partial charge in [0, 0.05) is 30.9 Å². The van der Waals surface area contributed by atoms with Gasteiger partial charge in [-0.25, -0.2) is 14.4 Å². The summed E-state index contributed by atoms with van der Waals surface area (Å²) in [5.41, 5.74) is 9.09. The van der Waals surface area contributed by atoms with Crippen LogP contribution in [-0.4, -0.2) is 45.0 Å². The Morgan fingerprint density at radius 3 is 2.60 bits per heavy atom. The number of hydrogen-bond donors (Lipinski definition) is 3. The summed E-state index contributed by atoms with van der Waals surface area (Å²) in [6.45, 7) is 5.24. The first-order chi connectivity index (χ1) is 17.8. The predicted molar refractivity (Wildman–Crippen MR) is 165 cm³/mol. The second kappa shape index (κ2) is 13.9. The number of nitrogens with one attached hydrogen (secondary N) is 1. The van der Waals surface area contributed by atoms with Crippen molar-refractivity contribution in [1.82, 2.24) is 15.0 Å². The summed E-state index contributed by atoms with van der Waals surface area (Å²) in [4.78, 5) is 28.5. The molecule has 13 heteroatoms. The molecule has 1 atom stereocenters. The van der Waals surface area contributed by atoms with Gasteiger partial charge in [-0.3, -0.25) is 9.78 Å². The number of carbonyl (C=O) groups excluding carboxylic acids is 1. The van der Waals surface area contributed by atoms with Crippen LogP contribution in [0.4, 0.5) is 21.6 Å². The number of phenolic OH excluding ortho intramolecular Hbond substituents is 1. The van der Waals surface area contributed by atoms with Crippen LogP contribution in [0.3, 0.4) is 0 Å². The van der Waals surface area contributed by atoms with E-state index in [0.29, 0.717) is 33.7 Å². The van der Waals surface area contributed by atoms with Crippen molar-refractivity contribution in [2.24, 2.45) is 5.73 Å². The number of ketones is 1. The van der Waals surface area contributed by atoms with E-state index in [9.17, 15) is 14.3 Å². The van der Waals surface area contributed by atoms with Gasteiger partial charge in [-0.2, -0.15) is 0 Å². The average Bonchev–Trinajstić information content (AvgIpc) is 2.91. The summed E-state index contributed by atoms with van der Waals surface area (Å²) in [6, 6.07) is 9.84. The van der Waals surface area contributed by atoms with Crippen LogP contribution in [-0.2, 0) is 0 Å². The number of nitrogens with two attached hydrogens (primary N) is 1. The first-order valence-electron chi connectivity index (χ1n) is 11.7. The lowest BCUT2D eigenvalue weighted by Crippen LogP contribution is -2.43. The van der Waals surface area contributed by atoms with E-state index < -0.39 is 11.6 Å². The number of fused-ring (bicyclic) bond motifs is 1. The van der Waals surface area contributed by atoms with Gasteiger partial charge < -0.3 is 21.1 Å². The minimum Gasteiger partial charge on any atom is -0.504 e. The van der Waals surface area contributed by atoms with E-state index in [4.69, 9.17) is 17.3 Å². The van der Waals surface area contributed by atoms with Gasteiger partial charge >= 0.3 is 0 Å². The molecule has 212 valence electrons. The third-order valence-corrected chi connectivity index (χ3v) is 6.56.